The standard InChI is InChI=1S/C14H27N/c1-3-12-7-4-8-13(10-12)14-11(2)6-5-9-15-14/h11-15H,3-10H2,1-2H3. The second kappa shape index (κ2) is 5.34. The molecule has 0 aromatic rings. The smallest absolute Gasteiger partial charge is 0.0121 e. The van der Waals surface area contributed by atoms with E-state index in [2.05, 4.69) is 19.2 Å². The Bertz CT molecular complexity index is 190. The van der Waals surface area contributed by atoms with Crippen molar-refractivity contribution in [2.24, 2.45) is 17.8 Å². The molecule has 2 fully saturated rings. The Labute approximate surface area is 95.0 Å². The van der Waals surface area contributed by atoms with Crippen molar-refractivity contribution in [1.82, 2.24) is 5.32 Å². The average molecular weight is 209 g/mol. The maximum atomic E-state index is 3.78. The summed E-state index contributed by atoms with van der Waals surface area (Å²) in [6, 6.07) is 0.841. The summed E-state index contributed by atoms with van der Waals surface area (Å²) in [5.41, 5.74) is 0. The van der Waals surface area contributed by atoms with Crippen LogP contribution in [0.4, 0.5) is 0 Å². The number of hydrogen-bond acceptors (Lipinski definition) is 1. The van der Waals surface area contributed by atoms with E-state index in [1.54, 1.807) is 0 Å². The molecule has 1 aliphatic heterocycles. The van der Waals surface area contributed by atoms with Crippen LogP contribution < -0.4 is 5.32 Å². The van der Waals surface area contributed by atoms with E-state index >= 15 is 0 Å². The van der Waals surface area contributed by atoms with Crippen LogP contribution >= 0.6 is 0 Å². The Kier molecular flexibility index (Phi) is 4.07. The van der Waals surface area contributed by atoms with Crippen LogP contribution in [0.3, 0.4) is 0 Å². The van der Waals surface area contributed by atoms with Crippen molar-refractivity contribution in [2.45, 2.75) is 64.8 Å². The van der Waals surface area contributed by atoms with Gasteiger partial charge in [0.2, 0.25) is 0 Å². The lowest BCUT2D eigenvalue weighted by molar-refractivity contribution is 0.151. The van der Waals surface area contributed by atoms with Crippen LogP contribution in [-0.4, -0.2) is 12.6 Å². The predicted octanol–water partition coefficient (Wildman–Crippen LogP) is 3.59. The molecule has 0 aromatic carbocycles. The summed E-state index contributed by atoms with van der Waals surface area (Å²) in [4.78, 5) is 0. The van der Waals surface area contributed by atoms with Crippen LogP contribution in [0.2, 0.25) is 0 Å². The Balaban J connectivity index is 1.90. The second-order valence-electron chi connectivity index (χ2n) is 5.80. The molecule has 1 saturated heterocycles. The molecule has 0 amide bonds. The third-order valence-corrected chi connectivity index (χ3v) is 4.74. The molecule has 1 heteroatoms. The molecule has 1 saturated carbocycles. The van der Waals surface area contributed by atoms with E-state index in [1.807, 2.05) is 0 Å². The zero-order chi connectivity index (χ0) is 10.7. The Hall–Kier alpha value is -0.0400. The number of nitrogens with one attached hydrogen (secondary N) is 1. The molecule has 2 aliphatic rings. The number of piperidine rings is 1. The topological polar surface area (TPSA) is 12.0 Å². The lowest BCUT2D eigenvalue weighted by Gasteiger charge is -2.40. The van der Waals surface area contributed by atoms with Gasteiger partial charge >= 0.3 is 0 Å². The Morgan fingerprint density at radius 2 is 2.00 bits per heavy atom. The predicted molar refractivity (Wildman–Crippen MR) is 65.9 cm³/mol. The van der Waals surface area contributed by atoms with Crippen LogP contribution in [0, 0.1) is 17.8 Å². The summed E-state index contributed by atoms with van der Waals surface area (Å²) in [5.74, 6) is 2.93. The van der Waals surface area contributed by atoms with Gasteiger partial charge in [0.15, 0.2) is 0 Å². The fourth-order valence-corrected chi connectivity index (χ4v) is 3.73. The third-order valence-electron chi connectivity index (χ3n) is 4.74. The fourth-order valence-electron chi connectivity index (χ4n) is 3.73. The molecular formula is C14H27N. The average Bonchev–Trinajstić information content (AvgIpc) is 2.30. The minimum atomic E-state index is 0.841. The van der Waals surface area contributed by atoms with Gasteiger partial charge in [0.1, 0.15) is 0 Å². The highest BCUT2D eigenvalue weighted by atomic mass is 14.9. The van der Waals surface area contributed by atoms with Crippen LogP contribution in [0.5, 0.6) is 0 Å². The Morgan fingerprint density at radius 3 is 2.73 bits per heavy atom. The van der Waals surface area contributed by atoms with Crippen LogP contribution in [-0.2, 0) is 0 Å². The quantitative estimate of drug-likeness (QED) is 0.733. The van der Waals surface area contributed by atoms with Gasteiger partial charge in [0, 0.05) is 6.04 Å². The zero-order valence-corrected chi connectivity index (χ0v) is 10.5. The van der Waals surface area contributed by atoms with E-state index in [1.165, 1.54) is 51.5 Å². The highest BCUT2D eigenvalue weighted by molar-refractivity contribution is 4.87. The van der Waals surface area contributed by atoms with E-state index in [-0.39, 0.29) is 0 Å². The SMILES string of the molecule is CCC1CCCC(C2NCCCC2C)C1. The molecule has 4 atom stereocenters. The van der Waals surface area contributed by atoms with Crippen molar-refractivity contribution in [3.05, 3.63) is 0 Å². The molecular weight excluding hydrogens is 182 g/mol. The lowest BCUT2D eigenvalue weighted by atomic mass is 9.72. The largest absolute Gasteiger partial charge is 0.313 e. The summed E-state index contributed by atoms with van der Waals surface area (Å²) in [6.45, 7) is 6.08. The minimum Gasteiger partial charge on any atom is -0.313 e. The monoisotopic (exact) mass is 209 g/mol. The molecule has 0 radical (unpaired) electrons. The minimum absolute atomic E-state index is 0.841. The van der Waals surface area contributed by atoms with E-state index in [9.17, 15) is 0 Å². The number of rotatable bonds is 2. The van der Waals surface area contributed by atoms with E-state index in [0.29, 0.717) is 0 Å². The fraction of sp³-hybridized carbons (Fsp3) is 1.00. The van der Waals surface area contributed by atoms with E-state index in [0.717, 1.165) is 23.8 Å². The molecule has 1 heterocycles. The van der Waals surface area contributed by atoms with Gasteiger partial charge in [-0.1, -0.05) is 33.1 Å². The molecule has 15 heavy (non-hydrogen) atoms. The van der Waals surface area contributed by atoms with Crippen LogP contribution in [0.1, 0.15) is 58.8 Å². The lowest BCUT2D eigenvalue weighted by Crippen LogP contribution is -2.46. The van der Waals surface area contributed by atoms with Gasteiger partial charge in [-0.25, -0.2) is 0 Å². The summed E-state index contributed by atoms with van der Waals surface area (Å²) >= 11 is 0. The summed E-state index contributed by atoms with van der Waals surface area (Å²) < 4.78 is 0. The van der Waals surface area contributed by atoms with Gasteiger partial charge in [0.25, 0.3) is 0 Å². The van der Waals surface area contributed by atoms with E-state index in [4.69, 9.17) is 0 Å². The second-order valence-corrected chi connectivity index (χ2v) is 5.80. The van der Waals surface area contributed by atoms with Crippen molar-refractivity contribution in [3.63, 3.8) is 0 Å². The van der Waals surface area contributed by atoms with Gasteiger partial charge in [-0.3, -0.25) is 0 Å². The Morgan fingerprint density at radius 1 is 1.13 bits per heavy atom. The molecule has 2 rings (SSSR count). The van der Waals surface area contributed by atoms with Gasteiger partial charge in [-0.05, 0) is 50.0 Å². The van der Waals surface area contributed by atoms with Crippen molar-refractivity contribution < 1.29 is 0 Å². The van der Waals surface area contributed by atoms with Crippen molar-refractivity contribution in [1.29, 1.82) is 0 Å². The molecule has 88 valence electrons. The maximum absolute atomic E-state index is 3.78. The van der Waals surface area contributed by atoms with Gasteiger partial charge in [0.05, 0.1) is 0 Å². The van der Waals surface area contributed by atoms with E-state index < -0.39 is 0 Å². The first-order valence-corrected chi connectivity index (χ1v) is 7.04. The number of hydrogen-bond donors (Lipinski definition) is 1. The van der Waals surface area contributed by atoms with Crippen molar-refractivity contribution >= 4 is 0 Å². The highest BCUT2D eigenvalue weighted by Gasteiger charge is 2.32. The molecule has 4 unspecified atom stereocenters. The zero-order valence-electron chi connectivity index (χ0n) is 10.5. The molecule has 0 bridgehead atoms. The van der Waals surface area contributed by atoms with Gasteiger partial charge in [-0.15, -0.1) is 0 Å². The van der Waals surface area contributed by atoms with Gasteiger partial charge < -0.3 is 5.32 Å². The first-order valence-electron chi connectivity index (χ1n) is 7.04. The normalized spacial score (nSPS) is 42.8. The maximum Gasteiger partial charge on any atom is 0.0121 e. The van der Waals surface area contributed by atoms with Crippen LogP contribution in [0.15, 0.2) is 0 Å². The molecule has 1 N–H and O–H groups in total. The third kappa shape index (κ3) is 2.75. The molecule has 0 aromatic heterocycles. The first-order chi connectivity index (χ1) is 7.31. The molecule has 1 nitrogen and oxygen atoms in total. The van der Waals surface area contributed by atoms with Crippen molar-refractivity contribution in [3.8, 4) is 0 Å². The highest BCUT2D eigenvalue weighted by Crippen LogP contribution is 2.36. The summed E-state index contributed by atoms with van der Waals surface area (Å²) in [7, 11) is 0. The summed E-state index contributed by atoms with van der Waals surface area (Å²) in [6.07, 6.45) is 10.2. The molecule has 1 aliphatic carbocycles. The van der Waals surface area contributed by atoms with Gasteiger partial charge in [-0.2, -0.15) is 0 Å². The summed E-state index contributed by atoms with van der Waals surface area (Å²) in [5, 5.41) is 3.78. The van der Waals surface area contributed by atoms with Crippen molar-refractivity contribution in [2.75, 3.05) is 6.54 Å². The first kappa shape index (κ1) is 11.4. The molecule has 0 spiro atoms. The van der Waals surface area contributed by atoms with Crippen LogP contribution in [0.25, 0.3) is 0 Å².